The van der Waals surface area contributed by atoms with Gasteiger partial charge < -0.3 is 15.2 Å². The number of hydrogen-bond acceptors (Lipinski definition) is 8. The van der Waals surface area contributed by atoms with Gasteiger partial charge in [-0.25, -0.2) is 19.0 Å². The summed E-state index contributed by atoms with van der Waals surface area (Å²) in [5.41, 5.74) is 1.48. The molecule has 5 rings (SSSR count). The minimum Gasteiger partial charge on any atom is -0.478 e. The highest BCUT2D eigenvalue weighted by Gasteiger charge is 2.39. The number of fused-ring (bicyclic) bond motifs is 1. The van der Waals surface area contributed by atoms with Gasteiger partial charge in [0.15, 0.2) is 10.8 Å². The Kier molecular flexibility index (Phi) is 6.00. The molecule has 0 radical (unpaired) electrons. The monoisotopic (exact) mass is 505 g/mol. The lowest BCUT2D eigenvalue weighted by atomic mass is 9.92. The summed E-state index contributed by atoms with van der Waals surface area (Å²) in [5.74, 6) is -1.27. The average molecular weight is 506 g/mol. The number of rotatable bonds is 5. The molecule has 2 atom stereocenters. The van der Waals surface area contributed by atoms with Gasteiger partial charge >= 0.3 is 12.1 Å². The topological polar surface area (TPSA) is 107 Å². The van der Waals surface area contributed by atoms with Crippen molar-refractivity contribution in [3.8, 4) is 0 Å². The number of benzene rings is 1. The summed E-state index contributed by atoms with van der Waals surface area (Å²) in [4.78, 5) is 37.1. The predicted octanol–water partition coefficient (Wildman–Crippen LogP) is 2.81. The van der Waals surface area contributed by atoms with E-state index in [9.17, 15) is 19.1 Å². The van der Waals surface area contributed by atoms with Crippen LogP contribution in [0.15, 0.2) is 40.0 Å². The van der Waals surface area contributed by atoms with Gasteiger partial charge in [-0.2, -0.15) is 0 Å². The number of amidine groups is 1. The molecule has 0 saturated carbocycles. The molecule has 1 amide bonds. The van der Waals surface area contributed by atoms with Gasteiger partial charge in [0, 0.05) is 43.5 Å². The second-order valence-electron chi connectivity index (χ2n) is 8.27. The van der Waals surface area contributed by atoms with Crippen LogP contribution in [-0.2, 0) is 9.53 Å². The average Bonchev–Trinajstić information content (AvgIpc) is 3.47. The van der Waals surface area contributed by atoms with Crippen LogP contribution >= 0.6 is 22.9 Å². The van der Waals surface area contributed by atoms with E-state index < -0.39 is 17.8 Å². The lowest BCUT2D eigenvalue weighted by Gasteiger charge is -2.37. The summed E-state index contributed by atoms with van der Waals surface area (Å²) in [7, 11) is 0. The Bertz CT molecular complexity index is 1220. The molecule has 2 aromatic rings. The summed E-state index contributed by atoms with van der Waals surface area (Å²) < 4.78 is 19.2. The van der Waals surface area contributed by atoms with E-state index in [1.54, 1.807) is 23.4 Å². The molecule has 178 valence electrons. The molecule has 0 spiro atoms. The minimum absolute atomic E-state index is 0.0599. The third kappa shape index (κ3) is 4.04. The second kappa shape index (κ2) is 8.97. The fourth-order valence-electron chi connectivity index (χ4n) is 4.53. The SMILES string of the molecule is Cc1c([C@H]2N=C(c3nccs3)NC(CN3CCN4C(=O)OC[C@@H]4C3)=C2C(=O)O)ccc(F)c1Cl. The van der Waals surface area contributed by atoms with Crippen LogP contribution in [0.3, 0.4) is 0 Å². The van der Waals surface area contributed by atoms with Crippen LogP contribution in [0.4, 0.5) is 9.18 Å². The molecule has 34 heavy (non-hydrogen) atoms. The number of carbonyl (C=O) groups excluding carboxylic acids is 1. The number of amides is 1. The Morgan fingerprint density at radius 3 is 2.97 bits per heavy atom. The van der Waals surface area contributed by atoms with Gasteiger partial charge in [-0.3, -0.25) is 14.8 Å². The number of hydrogen-bond donors (Lipinski definition) is 2. The third-order valence-electron chi connectivity index (χ3n) is 6.25. The van der Waals surface area contributed by atoms with Crippen molar-refractivity contribution in [1.29, 1.82) is 0 Å². The molecule has 2 saturated heterocycles. The maximum Gasteiger partial charge on any atom is 0.410 e. The van der Waals surface area contributed by atoms with Crippen molar-refractivity contribution < 1.29 is 23.8 Å². The lowest BCUT2D eigenvalue weighted by Crippen LogP contribution is -2.53. The van der Waals surface area contributed by atoms with Crippen molar-refractivity contribution in [2.24, 2.45) is 4.99 Å². The van der Waals surface area contributed by atoms with E-state index in [0.717, 1.165) is 0 Å². The van der Waals surface area contributed by atoms with Crippen LogP contribution in [0.2, 0.25) is 5.02 Å². The van der Waals surface area contributed by atoms with E-state index >= 15 is 0 Å². The minimum atomic E-state index is -1.13. The number of aliphatic imine (C=N–C) groups is 1. The number of aliphatic carboxylic acids is 1. The summed E-state index contributed by atoms with van der Waals surface area (Å²) >= 11 is 7.53. The quantitative estimate of drug-likeness (QED) is 0.643. The smallest absolute Gasteiger partial charge is 0.410 e. The molecule has 1 aromatic carbocycles. The summed E-state index contributed by atoms with van der Waals surface area (Å²) in [5, 5.41) is 15.7. The van der Waals surface area contributed by atoms with E-state index in [-0.39, 0.29) is 22.7 Å². The second-order valence-corrected chi connectivity index (χ2v) is 9.55. The Morgan fingerprint density at radius 2 is 2.24 bits per heavy atom. The van der Waals surface area contributed by atoms with Gasteiger partial charge in [-0.1, -0.05) is 17.7 Å². The van der Waals surface area contributed by atoms with Gasteiger partial charge in [0.25, 0.3) is 0 Å². The predicted molar refractivity (Wildman–Crippen MR) is 124 cm³/mol. The van der Waals surface area contributed by atoms with Crippen LogP contribution in [0.1, 0.15) is 22.2 Å². The lowest BCUT2D eigenvalue weighted by molar-refractivity contribution is -0.133. The first-order valence-corrected chi connectivity index (χ1v) is 11.9. The molecule has 0 bridgehead atoms. The number of ether oxygens (including phenoxy) is 1. The highest BCUT2D eigenvalue weighted by molar-refractivity contribution is 7.11. The fraction of sp³-hybridized carbons (Fsp3) is 0.364. The van der Waals surface area contributed by atoms with Crippen LogP contribution in [0.5, 0.6) is 0 Å². The molecule has 4 heterocycles. The number of aromatic nitrogens is 1. The molecule has 9 nitrogen and oxygen atoms in total. The van der Waals surface area contributed by atoms with E-state index in [1.807, 2.05) is 0 Å². The van der Waals surface area contributed by atoms with Crippen molar-refractivity contribution in [3.05, 3.63) is 62.0 Å². The molecule has 2 fully saturated rings. The number of halogens is 2. The Labute approximate surface area is 203 Å². The fourth-order valence-corrected chi connectivity index (χ4v) is 5.29. The number of piperazine rings is 1. The highest BCUT2D eigenvalue weighted by Crippen LogP contribution is 2.37. The number of nitrogens with one attached hydrogen (secondary N) is 1. The van der Waals surface area contributed by atoms with Crippen LogP contribution < -0.4 is 5.32 Å². The van der Waals surface area contributed by atoms with E-state index in [2.05, 4.69) is 20.2 Å². The van der Waals surface area contributed by atoms with Gasteiger partial charge in [-0.15, -0.1) is 11.3 Å². The van der Waals surface area contributed by atoms with E-state index in [1.165, 1.54) is 23.5 Å². The Hall–Kier alpha value is -3.02. The molecule has 1 aromatic heterocycles. The molecular weight excluding hydrogens is 485 g/mol. The molecule has 0 aliphatic carbocycles. The number of carbonyl (C=O) groups is 2. The molecule has 12 heteroatoms. The normalized spacial score (nSPS) is 22.9. The number of cyclic esters (lactones) is 1. The first-order chi connectivity index (χ1) is 16.3. The summed E-state index contributed by atoms with van der Waals surface area (Å²) in [6.45, 7) is 3.89. The largest absolute Gasteiger partial charge is 0.478 e. The zero-order valence-corrected chi connectivity index (χ0v) is 19.7. The zero-order valence-electron chi connectivity index (χ0n) is 18.1. The molecule has 3 aliphatic heterocycles. The third-order valence-corrected chi connectivity index (χ3v) is 7.49. The Morgan fingerprint density at radius 1 is 1.41 bits per heavy atom. The molecular formula is C22H21ClFN5O4S. The maximum absolute atomic E-state index is 14.0. The first kappa shape index (κ1) is 22.8. The number of nitrogens with zero attached hydrogens (tertiary/aromatic N) is 4. The van der Waals surface area contributed by atoms with Crippen molar-refractivity contribution in [2.45, 2.75) is 19.0 Å². The van der Waals surface area contributed by atoms with Gasteiger partial charge in [-0.05, 0) is 24.1 Å². The highest BCUT2D eigenvalue weighted by atomic mass is 35.5. The maximum atomic E-state index is 14.0. The number of thiazole rings is 1. The number of carboxylic acids is 1. The van der Waals surface area contributed by atoms with E-state index in [4.69, 9.17) is 16.3 Å². The van der Waals surface area contributed by atoms with E-state index in [0.29, 0.717) is 60.5 Å². The zero-order chi connectivity index (χ0) is 24.0. The summed E-state index contributed by atoms with van der Waals surface area (Å²) in [6, 6.07) is 1.78. The van der Waals surface area contributed by atoms with Crippen molar-refractivity contribution >= 4 is 40.8 Å². The molecule has 3 aliphatic rings. The standard InChI is InChI=1S/C22H21ClFN5O4S/c1-11-13(2-3-14(24)17(11)23)18-16(21(30)31)15(26-19(27-18)20-25-4-7-34-20)9-28-5-6-29-12(8-28)10-33-22(29)32/h2-4,7,12,18H,5-6,8-10H2,1H3,(H,26,27)(H,30,31)/t12-,18+/m0/s1. The van der Waals surface area contributed by atoms with Gasteiger partial charge in [0.05, 0.1) is 16.6 Å². The summed E-state index contributed by atoms with van der Waals surface area (Å²) in [6.07, 6.45) is 1.33. The van der Waals surface area contributed by atoms with Gasteiger partial charge in [0.1, 0.15) is 18.5 Å². The van der Waals surface area contributed by atoms with Gasteiger partial charge in [0.2, 0.25) is 0 Å². The molecule has 0 unspecified atom stereocenters. The van der Waals surface area contributed by atoms with Crippen molar-refractivity contribution in [3.63, 3.8) is 0 Å². The Balaban J connectivity index is 1.54. The number of carboxylic acid groups (broad SMARTS) is 1. The first-order valence-electron chi connectivity index (χ1n) is 10.6. The van der Waals surface area contributed by atoms with Crippen LogP contribution in [0, 0.1) is 12.7 Å². The van der Waals surface area contributed by atoms with Crippen molar-refractivity contribution in [1.82, 2.24) is 20.1 Å². The van der Waals surface area contributed by atoms with Crippen LogP contribution in [0.25, 0.3) is 0 Å². The van der Waals surface area contributed by atoms with Crippen LogP contribution in [-0.4, -0.2) is 76.6 Å². The molecule has 2 N–H and O–H groups in total. The van der Waals surface area contributed by atoms with Crippen molar-refractivity contribution in [2.75, 3.05) is 32.8 Å².